The molecule has 0 spiro atoms. The van der Waals surface area contributed by atoms with Crippen LogP contribution in [0.5, 0.6) is 0 Å². The van der Waals surface area contributed by atoms with Crippen molar-refractivity contribution in [1.29, 1.82) is 0 Å². The second kappa shape index (κ2) is 9.90. The Hall–Kier alpha value is -2.30. The molecule has 7 nitrogen and oxygen atoms in total. The number of aryl methyl sites for hydroxylation is 1. The van der Waals surface area contributed by atoms with Crippen molar-refractivity contribution in [3.63, 3.8) is 0 Å². The number of anilines is 1. The van der Waals surface area contributed by atoms with E-state index < -0.39 is 0 Å². The maximum atomic E-state index is 13.4. The number of nitrogens with one attached hydrogen (secondary N) is 1. The van der Waals surface area contributed by atoms with Gasteiger partial charge in [0.1, 0.15) is 5.82 Å². The highest BCUT2D eigenvalue weighted by Gasteiger charge is 2.23. The smallest absolute Gasteiger partial charge is 0.236 e. The van der Waals surface area contributed by atoms with Gasteiger partial charge in [0.2, 0.25) is 5.91 Å². The van der Waals surface area contributed by atoms with Gasteiger partial charge >= 0.3 is 0 Å². The summed E-state index contributed by atoms with van der Waals surface area (Å²) in [4.78, 5) is 18.5. The minimum atomic E-state index is -0.298. The fourth-order valence-electron chi connectivity index (χ4n) is 4.24. The normalized spacial score (nSPS) is 20.1. The van der Waals surface area contributed by atoms with Crippen LogP contribution in [0.3, 0.4) is 0 Å². The molecule has 1 amide bonds. The number of thioether (sulfide) groups is 1. The van der Waals surface area contributed by atoms with E-state index in [1.165, 1.54) is 28.8 Å². The molecule has 0 radical (unpaired) electrons. The molecule has 1 fully saturated rings. The molecule has 3 aromatic rings. The van der Waals surface area contributed by atoms with Gasteiger partial charge in [0.25, 0.3) is 0 Å². The van der Waals surface area contributed by atoms with E-state index >= 15 is 0 Å². The number of ether oxygens (including phenoxy) is 1. The van der Waals surface area contributed by atoms with Crippen LogP contribution in [0.2, 0.25) is 0 Å². The lowest BCUT2D eigenvalue weighted by Crippen LogP contribution is -2.18. The average molecular weight is 488 g/mol. The van der Waals surface area contributed by atoms with Gasteiger partial charge in [-0.1, -0.05) is 18.7 Å². The maximum Gasteiger partial charge on any atom is 0.236 e. The first kappa shape index (κ1) is 22.5. The van der Waals surface area contributed by atoms with Crippen LogP contribution in [0.15, 0.2) is 29.4 Å². The Kier molecular flexibility index (Phi) is 6.75. The molecule has 1 N–H and O–H groups in total. The molecule has 0 saturated carbocycles. The van der Waals surface area contributed by atoms with E-state index in [9.17, 15) is 9.18 Å². The molecule has 1 aromatic carbocycles. The minimum absolute atomic E-state index is 0.0809. The number of hydrogen-bond donors (Lipinski definition) is 1. The van der Waals surface area contributed by atoms with Crippen molar-refractivity contribution in [3.8, 4) is 11.4 Å². The van der Waals surface area contributed by atoms with Gasteiger partial charge in [-0.3, -0.25) is 9.36 Å². The second-order valence-corrected chi connectivity index (χ2v) is 10.7. The van der Waals surface area contributed by atoms with Gasteiger partial charge in [-0.2, -0.15) is 0 Å². The largest absolute Gasteiger partial charge is 0.376 e. The third kappa shape index (κ3) is 5.28. The number of carbonyl (C=O) groups excluding carboxylic acids is 1. The molecule has 10 heteroatoms. The first-order chi connectivity index (χ1) is 16.0. The van der Waals surface area contributed by atoms with E-state index in [1.807, 2.05) is 4.57 Å². The number of carbonyl (C=O) groups is 1. The Morgan fingerprint density at radius 2 is 2.15 bits per heavy atom. The number of benzene rings is 1. The highest BCUT2D eigenvalue weighted by atomic mass is 32.2. The van der Waals surface area contributed by atoms with Crippen LogP contribution >= 0.6 is 23.1 Å². The van der Waals surface area contributed by atoms with Gasteiger partial charge in [-0.05, 0) is 62.3 Å². The van der Waals surface area contributed by atoms with Gasteiger partial charge in [-0.25, -0.2) is 9.37 Å². The van der Waals surface area contributed by atoms with Crippen LogP contribution in [0.4, 0.5) is 9.52 Å². The average Bonchev–Trinajstić information content (AvgIpc) is 3.53. The summed E-state index contributed by atoms with van der Waals surface area (Å²) in [6, 6.07) is 6.21. The van der Waals surface area contributed by atoms with Crippen LogP contribution < -0.4 is 5.32 Å². The van der Waals surface area contributed by atoms with E-state index in [0.717, 1.165) is 50.0 Å². The minimum Gasteiger partial charge on any atom is -0.376 e. The highest BCUT2D eigenvalue weighted by molar-refractivity contribution is 7.99. The van der Waals surface area contributed by atoms with Crippen molar-refractivity contribution >= 4 is 34.1 Å². The van der Waals surface area contributed by atoms with Crippen LogP contribution in [-0.4, -0.2) is 44.1 Å². The van der Waals surface area contributed by atoms with E-state index in [0.29, 0.717) is 28.6 Å². The number of hydrogen-bond acceptors (Lipinski definition) is 7. The molecule has 3 heterocycles. The summed E-state index contributed by atoms with van der Waals surface area (Å²) in [5.41, 5.74) is 1.90. The van der Waals surface area contributed by atoms with Crippen molar-refractivity contribution in [2.24, 2.45) is 5.92 Å². The zero-order chi connectivity index (χ0) is 22.8. The Morgan fingerprint density at radius 1 is 1.30 bits per heavy atom. The lowest BCUT2D eigenvalue weighted by atomic mass is 9.93. The van der Waals surface area contributed by atoms with Crippen molar-refractivity contribution in [2.75, 3.05) is 17.7 Å². The molecule has 5 rings (SSSR count). The van der Waals surface area contributed by atoms with Crippen LogP contribution in [0.1, 0.15) is 36.8 Å². The number of rotatable bonds is 7. The lowest BCUT2D eigenvalue weighted by Gasteiger charge is -2.15. The number of aromatic nitrogens is 4. The highest BCUT2D eigenvalue weighted by Crippen LogP contribution is 2.32. The number of nitrogens with zero attached hydrogens (tertiary/aromatic N) is 4. The fraction of sp³-hybridized carbons (Fsp3) is 0.478. The predicted octanol–water partition coefficient (Wildman–Crippen LogP) is 4.58. The monoisotopic (exact) mass is 487 g/mol. The van der Waals surface area contributed by atoms with Crippen LogP contribution in [0.25, 0.3) is 11.4 Å². The van der Waals surface area contributed by atoms with E-state index in [4.69, 9.17) is 4.74 Å². The molecule has 2 atom stereocenters. The van der Waals surface area contributed by atoms with Crippen LogP contribution in [-0.2, 0) is 28.9 Å². The van der Waals surface area contributed by atoms with E-state index in [2.05, 4.69) is 27.4 Å². The quantitative estimate of drug-likeness (QED) is 0.492. The van der Waals surface area contributed by atoms with Crippen molar-refractivity contribution < 1.29 is 13.9 Å². The summed E-state index contributed by atoms with van der Waals surface area (Å²) in [6.45, 7) is 3.60. The van der Waals surface area contributed by atoms with Crippen molar-refractivity contribution in [2.45, 2.75) is 56.8 Å². The van der Waals surface area contributed by atoms with Crippen molar-refractivity contribution in [3.05, 3.63) is 40.7 Å². The van der Waals surface area contributed by atoms with E-state index in [1.54, 1.807) is 23.5 Å². The van der Waals surface area contributed by atoms with Gasteiger partial charge in [0, 0.05) is 17.0 Å². The molecular weight excluding hydrogens is 461 g/mol. The molecule has 0 bridgehead atoms. The maximum absolute atomic E-state index is 13.4. The molecular formula is C23H26FN5O2S2. The third-order valence-corrected chi connectivity index (χ3v) is 8.00. The molecule has 1 saturated heterocycles. The SMILES string of the molecule is C[C@H]1CCc2nc(NC(=O)CSc3nnc(-c4ccc(F)cc4)n3C[C@H]3CCCO3)sc2C1. The summed E-state index contributed by atoms with van der Waals surface area (Å²) in [7, 11) is 0. The van der Waals surface area contributed by atoms with Gasteiger partial charge in [0.05, 0.1) is 24.1 Å². The molecule has 1 aliphatic carbocycles. The summed E-state index contributed by atoms with van der Waals surface area (Å²) in [5.74, 6) is 1.11. The van der Waals surface area contributed by atoms with Crippen LogP contribution in [0, 0.1) is 11.7 Å². The number of amides is 1. The molecule has 33 heavy (non-hydrogen) atoms. The van der Waals surface area contributed by atoms with Crippen molar-refractivity contribution in [1.82, 2.24) is 19.7 Å². The van der Waals surface area contributed by atoms with Gasteiger partial charge in [0.15, 0.2) is 16.1 Å². The zero-order valence-electron chi connectivity index (χ0n) is 18.4. The summed E-state index contributed by atoms with van der Waals surface area (Å²) >= 11 is 2.92. The zero-order valence-corrected chi connectivity index (χ0v) is 20.1. The number of fused-ring (bicyclic) bond motifs is 1. The molecule has 174 valence electrons. The predicted molar refractivity (Wildman–Crippen MR) is 127 cm³/mol. The summed E-state index contributed by atoms with van der Waals surface area (Å²) in [6.07, 6.45) is 5.25. The lowest BCUT2D eigenvalue weighted by molar-refractivity contribution is -0.113. The Balaban J connectivity index is 1.28. The molecule has 2 aromatic heterocycles. The Morgan fingerprint density at radius 3 is 2.94 bits per heavy atom. The summed E-state index contributed by atoms with van der Waals surface area (Å²) < 4.78 is 21.2. The first-order valence-electron chi connectivity index (χ1n) is 11.3. The fourth-order valence-corrected chi connectivity index (χ4v) is 6.18. The third-order valence-electron chi connectivity index (χ3n) is 5.99. The Bertz CT molecular complexity index is 1120. The van der Waals surface area contributed by atoms with E-state index in [-0.39, 0.29) is 23.6 Å². The topological polar surface area (TPSA) is 81.9 Å². The molecule has 0 unspecified atom stereocenters. The molecule has 1 aliphatic heterocycles. The standard InChI is InChI=1S/C23H26FN5O2S2/c1-14-4-9-18-19(11-14)33-22(25-18)26-20(30)13-32-23-28-27-21(15-5-7-16(24)8-6-15)29(23)12-17-3-2-10-31-17/h5-8,14,17H,2-4,9-13H2,1H3,(H,25,26,30)/t14-,17+/m0/s1. The number of halogens is 1. The van der Waals surface area contributed by atoms with Gasteiger partial charge < -0.3 is 10.1 Å². The second-order valence-electron chi connectivity index (χ2n) is 8.63. The molecule has 2 aliphatic rings. The first-order valence-corrected chi connectivity index (χ1v) is 13.1. The Labute approximate surface area is 200 Å². The summed E-state index contributed by atoms with van der Waals surface area (Å²) in [5, 5.41) is 12.9. The van der Waals surface area contributed by atoms with Gasteiger partial charge in [-0.15, -0.1) is 21.5 Å². The number of thiazole rings is 1.